The van der Waals surface area contributed by atoms with Crippen molar-refractivity contribution in [2.24, 2.45) is 4.40 Å². The highest BCUT2D eigenvalue weighted by Crippen LogP contribution is 2.30. The summed E-state index contributed by atoms with van der Waals surface area (Å²) in [6.07, 6.45) is 0. The molecule has 3 rings (SSSR count). The van der Waals surface area contributed by atoms with E-state index in [1.165, 1.54) is 12.1 Å². The van der Waals surface area contributed by atoms with Gasteiger partial charge in [0.2, 0.25) is 0 Å². The molecular weight excluding hydrogens is 330 g/mol. The maximum atomic E-state index is 12.1. The van der Waals surface area contributed by atoms with Gasteiger partial charge in [0.25, 0.3) is 15.7 Å². The van der Waals surface area contributed by atoms with Crippen molar-refractivity contribution in [3.63, 3.8) is 0 Å². The number of fused-ring (bicyclic) bond motifs is 1. The zero-order chi connectivity index (χ0) is 17.5. The number of nitro benzene ring substituents is 1. The SMILES string of the molecule is CC(C)c1ccc(NC2=NS(=O)(=O)c3cc([N+](=O)[O-])ccc32)cc1. The molecule has 0 radical (unpaired) electrons. The Morgan fingerprint density at radius 3 is 2.38 bits per heavy atom. The van der Waals surface area contributed by atoms with E-state index >= 15 is 0 Å². The van der Waals surface area contributed by atoms with Gasteiger partial charge in [0.1, 0.15) is 4.90 Å². The van der Waals surface area contributed by atoms with Crippen LogP contribution in [0.3, 0.4) is 0 Å². The fourth-order valence-corrected chi connectivity index (χ4v) is 3.63. The molecule has 7 nitrogen and oxygen atoms in total. The van der Waals surface area contributed by atoms with Crippen molar-refractivity contribution in [2.75, 3.05) is 5.32 Å². The van der Waals surface area contributed by atoms with Crippen LogP contribution in [-0.4, -0.2) is 19.2 Å². The van der Waals surface area contributed by atoms with Crippen molar-refractivity contribution < 1.29 is 13.3 Å². The Balaban J connectivity index is 1.95. The Morgan fingerprint density at radius 1 is 1.12 bits per heavy atom. The summed E-state index contributed by atoms with van der Waals surface area (Å²) in [5, 5.41) is 13.8. The summed E-state index contributed by atoms with van der Waals surface area (Å²) >= 11 is 0. The highest BCUT2D eigenvalue weighted by molar-refractivity contribution is 7.90. The topological polar surface area (TPSA) is 102 Å². The van der Waals surface area contributed by atoms with Crippen LogP contribution >= 0.6 is 0 Å². The van der Waals surface area contributed by atoms with E-state index in [0.29, 0.717) is 17.2 Å². The van der Waals surface area contributed by atoms with Crippen molar-refractivity contribution in [1.29, 1.82) is 0 Å². The Morgan fingerprint density at radius 2 is 1.79 bits per heavy atom. The molecule has 1 aliphatic heterocycles. The van der Waals surface area contributed by atoms with E-state index in [1.807, 2.05) is 24.3 Å². The van der Waals surface area contributed by atoms with Gasteiger partial charge in [-0.2, -0.15) is 8.42 Å². The Hall–Kier alpha value is -2.74. The van der Waals surface area contributed by atoms with Crippen LogP contribution in [0.1, 0.15) is 30.9 Å². The number of anilines is 1. The Labute approximate surface area is 139 Å². The minimum absolute atomic E-state index is 0.155. The van der Waals surface area contributed by atoms with E-state index in [1.54, 1.807) is 0 Å². The molecule has 24 heavy (non-hydrogen) atoms. The average Bonchev–Trinajstić information content (AvgIpc) is 2.78. The number of sulfonamides is 1. The number of benzene rings is 2. The third kappa shape index (κ3) is 2.88. The quantitative estimate of drug-likeness (QED) is 0.679. The first-order chi connectivity index (χ1) is 11.3. The molecule has 0 aromatic heterocycles. The summed E-state index contributed by atoms with van der Waals surface area (Å²) in [5.41, 5.74) is 1.90. The summed E-state index contributed by atoms with van der Waals surface area (Å²) in [6, 6.07) is 11.3. The van der Waals surface area contributed by atoms with Crippen LogP contribution in [0.4, 0.5) is 11.4 Å². The lowest BCUT2D eigenvalue weighted by molar-refractivity contribution is -0.385. The first-order valence-electron chi connectivity index (χ1n) is 7.29. The van der Waals surface area contributed by atoms with Gasteiger partial charge in [-0.25, -0.2) is 0 Å². The molecule has 0 saturated carbocycles. The molecule has 2 aromatic carbocycles. The molecule has 0 saturated heterocycles. The summed E-state index contributed by atoms with van der Waals surface area (Å²) in [5.74, 6) is 0.557. The monoisotopic (exact) mass is 345 g/mol. The minimum atomic E-state index is -3.93. The van der Waals surface area contributed by atoms with Crippen LogP contribution in [0.5, 0.6) is 0 Å². The largest absolute Gasteiger partial charge is 0.339 e. The predicted octanol–water partition coefficient (Wildman–Crippen LogP) is 3.28. The number of amidine groups is 1. The minimum Gasteiger partial charge on any atom is -0.339 e. The van der Waals surface area contributed by atoms with Crippen molar-refractivity contribution in [3.8, 4) is 0 Å². The van der Waals surface area contributed by atoms with Gasteiger partial charge in [-0.05, 0) is 29.7 Å². The fourth-order valence-electron chi connectivity index (χ4n) is 2.43. The van der Waals surface area contributed by atoms with E-state index in [-0.39, 0.29) is 16.4 Å². The molecule has 1 heterocycles. The van der Waals surface area contributed by atoms with Crippen molar-refractivity contribution >= 4 is 27.2 Å². The third-order valence-electron chi connectivity index (χ3n) is 3.76. The predicted molar refractivity (Wildman–Crippen MR) is 91.0 cm³/mol. The van der Waals surface area contributed by atoms with E-state index in [4.69, 9.17) is 0 Å². The number of hydrogen-bond donors (Lipinski definition) is 1. The maximum absolute atomic E-state index is 12.1. The van der Waals surface area contributed by atoms with Crippen molar-refractivity contribution in [1.82, 2.24) is 0 Å². The molecule has 0 atom stereocenters. The second-order valence-electron chi connectivity index (χ2n) is 5.75. The number of nitrogens with one attached hydrogen (secondary N) is 1. The van der Waals surface area contributed by atoms with Gasteiger partial charge in [-0.1, -0.05) is 26.0 Å². The van der Waals surface area contributed by atoms with Gasteiger partial charge in [0.05, 0.1) is 4.92 Å². The summed E-state index contributed by atoms with van der Waals surface area (Å²) < 4.78 is 27.9. The number of non-ortho nitro benzene ring substituents is 1. The normalized spacial score (nSPS) is 15.0. The van der Waals surface area contributed by atoms with Gasteiger partial charge in [-0.15, -0.1) is 4.40 Å². The van der Waals surface area contributed by atoms with Crippen LogP contribution in [0.15, 0.2) is 51.8 Å². The van der Waals surface area contributed by atoms with Gasteiger partial charge < -0.3 is 5.32 Å². The molecule has 0 unspecified atom stereocenters. The van der Waals surface area contributed by atoms with Crippen LogP contribution in [0, 0.1) is 10.1 Å². The molecule has 0 fully saturated rings. The van der Waals surface area contributed by atoms with Crippen molar-refractivity contribution in [3.05, 3.63) is 63.7 Å². The Kier molecular flexibility index (Phi) is 3.84. The zero-order valence-corrected chi connectivity index (χ0v) is 13.9. The molecule has 0 aliphatic carbocycles. The second-order valence-corrected chi connectivity index (χ2v) is 7.33. The van der Waals surface area contributed by atoms with Gasteiger partial charge >= 0.3 is 0 Å². The lowest BCUT2D eigenvalue weighted by Crippen LogP contribution is -2.11. The molecule has 0 bridgehead atoms. The molecular formula is C16H15N3O4S. The summed E-state index contributed by atoms with van der Waals surface area (Å²) in [6.45, 7) is 4.17. The number of rotatable bonds is 3. The van der Waals surface area contributed by atoms with E-state index in [9.17, 15) is 18.5 Å². The number of hydrogen-bond acceptors (Lipinski definition) is 5. The first kappa shape index (κ1) is 16.1. The fraction of sp³-hybridized carbons (Fsp3) is 0.188. The van der Waals surface area contributed by atoms with Gasteiger partial charge in [0.15, 0.2) is 5.84 Å². The van der Waals surface area contributed by atoms with Crippen LogP contribution in [0.25, 0.3) is 0 Å². The smallest absolute Gasteiger partial charge is 0.285 e. The van der Waals surface area contributed by atoms with Gasteiger partial charge in [-0.3, -0.25) is 10.1 Å². The molecule has 8 heteroatoms. The number of nitrogens with zero attached hydrogens (tertiary/aromatic N) is 2. The molecule has 0 spiro atoms. The molecule has 2 aromatic rings. The molecule has 124 valence electrons. The second kappa shape index (κ2) is 5.72. The number of nitro groups is 1. The van der Waals surface area contributed by atoms with E-state index < -0.39 is 14.9 Å². The van der Waals surface area contributed by atoms with Crippen molar-refractivity contribution in [2.45, 2.75) is 24.7 Å². The van der Waals surface area contributed by atoms with E-state index in [0.717, 1.165) is 11.6 Å². The molecule has 1 aliphatic rings. The van der Waals surface area contributed by atoms with Gasteiger partial charge in [0, 0.05) is 23.4 Å². The average molecular weight is 345 g/mol. The lowest BCUT2D eigenvalue weighted by Gasteiger charge is -2.09. The zero-order valence-electron chi connectivity index (χ0n) is 13.1. The first-order valence-corrected chi connectivity index (χ1v) is 8.73. The Bertz CT molecular complexity index is 948. The summed E-state index contributed by atoms with van der Waals surface area (Å²) in [4.78, 5) is 10.0. The van der Waals surface area contributed by atoms with E-state index in [2.05, 4.69) is 23.6 Å². The van der Waals surface area contributed by atoms with Crippen LogP contribution in [-0.2, 0) is 10.0 Å². The highest BCUT2D eigenvalue weighted by atomic mass is 32.2. The third-order valence-corrected chi connectivity index (χ3v) is 5.08. The lowest BCUT2D eigenvalue weighted by atomic mass is 10.0. The summed E-state index contributed by atoms with van der Waals surface area (Å²) in [7, 11) is -3.93. The van der Waals surface area contributed by atoms with Crippen LogP contribution < -0.4 is 5.32 Å². The standard InChI is InChI=1S/C16H15N3O4S/c1-10(2)11-3-5-12(6-4-11)17-16-14-8-7-13(19(20)21)9-15(14)24(22,23)18-16/h3-10H,1-2H3,(H,17,18). The highest BCUT2D eigenvalue weighted by Gasteiger charge is 2.31. The molecule has 0 amide bonds. The van der Waals surface area contributed by atoms with Crippen LogP contribution in [0.2, 0.25) is 0 Å². The molecule has 1 N–H and O–H groups in total. The maximum Gasteiger partial charge on any atom is 0.285 e.